The Morgan fingerprint density at radius 1 is 1.62 bits per heavy atom. The number of azide groups is 1. The van der Waals surface area contributed by atoms with Gasteiger partial charge in [-0.1, -0.05) is 27.1 Å². The monoisotopic (exact) mass is 282 g/mol. The topological polar surface area (TPSA) is 77.9 Å². The fourth-order valence-electron chi connectivity index (χ4n) is 1.21. The second-order valence-electron chi connectivity index (χ2n) is 3.12. The number of amides is 1. The highest BCUT2D eigenvalue weighted by Gasteiger charge is 2.09. The van der Waals surface area contributed by atoms with Crippen molar-refractivity contribution in [3.63, 3.8) is 0 Å². The van der Waals surface area contributed by atoms with Crippen LogP contribution in [-0.4, -0.2) is 19.0 Å². The largest absolute Gasteiger partial charge is 0.352 e. The van der Waals surface area contributed by atoms with Gasteiger partial charge in [-0.25, -0.2) is 0 Å². The van der Waals surface area contributed by atoms with Crippen LogP contribution < -0.4 is 5.32 Å². The summed E-state index contributed by atoms with van der Waals surface area (Å²) in [7, 11) is 0. The Kier molecular flexibility index (Phi) is 4.82. The maximum atomic E-state index is 11.7. The normalized spacial score (nSPS) is 9.38. The lowest BCUT2D eigenvalue weighted by molar-refractivity contribution is 0.0954. The lowest BCUT2D eigenvalue weighted by atomic mass is 10.1. The molecule has 1 aromatic rings. The summed E-state index contributed by atoms with van der Waals surface area (Å²) in [5.41, 5.74) is 9.58. The van der Waals surface area contributed by atoms with Gasteiger partial charge in [0.05, 0.1) is 0 Å². The van der Waals surface area contributed by atoms with Crippen molar-refractivity contribution in [3.05, 3.63) is 44.2 Å². The number of hydrogen-bond donors (Lipinski definition) is 1. The summed E-state index contributed by atoms with van der Waals surface area (Å²) >= 11 is 3.36. The van der Waals surface area contributed by atoms with Crippen molar-refractivity contribution in [3.8, 4) is 0 Å². The van der Waals surface area contributed by atoms with E-state index >= 15 is 0 Å². The number of halogens is 1. The van der Waals surface area contributed by atoms with Gasteiger partial charge >= 0.3 is 0 Å². The SMILES string of the molecule is Cc1c(Br)cccc1C(=O)NCCN=[N+]=[N-]. The first kappa shape index (κ1) is 12.5. The van der Waals surface area contributed by atoms with Gasteiger partial charge in [-0.2, -0.15) is 0 Å². The molecular formula is C10H11BrN4O. The summed E-state index contributed by atoms with van der Waals surface area (Å²) < 4.78 is 0.898. The number of carbonyl (C=O) groups excluding carboxylic acids is 1. The minimum absolute atomic E-state index is 0.160. The molecule has 1 amide bonds. The number of nitrogens with zero attached hydrogens (tertiary/aromatic N) is 3. The Morgan fingerprint density at radius 2 is 2.38 bits per heavy atom. The van der Waals surface area contributed by atoms with E-state index in [-0.39, 0.29) is 12.5 Å². The van der Waals surface area contributed by atoms with Crippen molar-refractivity contribution < 1.29 is 4.79 Å². The Morgan fingerprint density at radius 3 is 3.06 bits per heavy atom. The summed E-state index contributed by atoms with van der Waals surface area (Å²) in [5, 5.41) is 6.01. The van der Waals surface area contributed by atoms with E-state index in [2.05, 4.69) is 31.3 Å². The highest BCUT2D eigenvalue weighted by molar-refractivity contribution is 9.10. The molecule has 0 saturated heterocycles. The number of carbonyl (C=O) groups is 1. The lowest BCUT2D eigenvalue weighted by Crippen LogP contribution is -2.26. The highest BCUT2D eigenvalue weighted by Crippen LogP contribution is 2.19. The predicted molar refractivity (Wildman–Crippen MR) is 65.2 cm³/mol. The fraction of sp³-hybridized carbons (Fsp3) is 0.300. The van der Waals surface area contributed by atoms with Gasteiger partial charge in [0.1, 0.15) is 0 Å². The maximum Gasteiger partial charge on any atom is 0.251 e. The minimum Gasteiger partial charge on any atom is -0.352 e. The Balaban J connectivity index is 2.66. The van der Waals surface area contributed by atoms with Crippen molar-refractivity contribution in [1.29, 1.82) is 0 Å². The molecule has 0 aliphatic carbocycles. The van der Waals surface area contributed by atoms with Gasteiger partial charge in [0, 0.05) is 28.0 Å². The van der Waals surface area contributed by atoms with Gasteiger partial charge in [-0.05, 0) is 30.2 Å². The van der Waals surface area contributed by atoms with Gasteiger partial charge in [-0.15, -0.1) is 0 Å². The van der Waals surface area contributed by atoms with Crippen LogP contribution in [-0.2, 0) is 0 Å². The second-order valence-corrected chi connectivity index (χ2v) is 3.98. The van der Waals surface area contributed by atoms with Crippen molar-refractivity contribution in [2.45, 2.75) is 6.92 Å². The molecule has 0 aliphatic heterocycles. The standard InChI is InChI=1S/C10H11BrN4O/c1-7-8(3-2-4-9(7)11)10(16)13-5-6-14-15-12/h2-4H,5-6H2,1H3,(H,13,16). The lowest BCUT2D eigenvalue weighted by Gasteiger charge is -2.07. The third-order valence-electron chi connectivity index (χ3n) is 2.07. The van der Waals surface area contributed by atoms with Crippen molar-refractivity contribution in [2.75, 3.05) is 13.1 Å². The maximum absolute atomic E-state index is 11.7. The van der Waals surface area contributed by atoms with Gasteiger partial charge in [0.2, 0.25) is 0 Å². The number of nitrogens with one attached hydrogen (secondary N) is 1. The zero-order chi connectivity index (χ0) is 12.0. The molecule has 0 atom stereocenters. The Bertz CT molecular complexity index is 440. The molecule has 0 aromatic heterocycles. The van der Waals surface area contributed by atoms with Crippen LogP contribution in [0.15, 0.2) is 27.8 Å². The van der Waals surface area contributed by atoms with Gasteiger partial charge in [-0.3, -0.25) is 4.79 Å². The van der Waals surface area contributed by atoms with E-state index in [1.54, 1.807) is 12.1 Å². The van der Waals surface area contributed by atoms with Crippen molar-refractivity contribution in [1.82, 2.24) is 5.32 Å². The van der Waals surface area contributed by atoms with Gasteiger partial charge in [0.15, 0.2) is 0 Å². The van der Waals surface area contributed by atoms with Crippen LogP contribution in [0, 0.1) is 6.92 Å². The molecule has 0 unspecified atom stereocenters. The average molecular weight is 283 g/mol. The molecule has 0 bridgehead atoms. The van der Waals surface area contributed by atoms with E-state index in [1.807, 2.05) is 13.0 Å². The van der Waals surface area contributed by atoms with Crippen LogP contribution in [0.2, 0.25) is 0 Å². The van der Waals surface area contributed by atoms with Crippen molar-refractivity contribution >= 4 is 21.8 Å². The van der Waals surface area contributed by atoms with Crippen LogP contribution in [0.1, 0.15) is 15.9 Å². The third kappa shape index (κ3) is 3.25. The Labute approximate surface area is 102 Å². The minimum atomic E-state index is -0.160. The molecule has 0 spiro atoms. The highest BCUT2D eigenvalue weighted by atomic mass is 79.9. The quantitative estimate of drug-likeness (QED) is 0.392. The first-order valence-corrected chi connectivity index (χ1v) is 5.50. The number of benzene rings is 1. The average Bonchev–Trinajstić information content (AvgIpc) is 2.28. The molecule has 5 nitrogen and oxygen atoms in total. The van der Waals surface area contributed by atoms with Crippen LogP contribution in [0.4, 0.5) is 0 Å². The summed E-state index contributed by atoms with van der Waals surface area (Å²) in [6.45, 7) is 2.47. The van der Waals surface area contributed by atoms with E-state index in [1.165, 1.54) is 0 Å². The van der Waals surface area contributed by atoms with Crippen LogP contribution in [0.3, 0.4) is 0 Å². The first-order valence-electron chi connectivity index (χ1n) is 4.71. The molecule has 16 heavy (non-hydrogen) atoms. The third-order valence-corrected chi connectivity index (χ3v) is 2.93. The summed E-state index contributed by atoms with van der Waals surface area (Å²) in [6.07, 6.45) is 0. The number of rotatable bonds is 4. The second kappa shape index (κ2) is 6.15. The molecular weight excluding hydrogens is 272 g/mol. The summed E-state index contributed by atoms with van der Waals surface area (Å²) in [5.74, 6) is -0.160. The summed E-state index contributed by atoms with van der Waals surface area (Å²) in [4.78, 5) is 14.3. The fourth-order valence-corrected chi connectivity index (χ4v) is 1.58. The zero-order valence-electron chi connectivity index (χ0n) is 8.77. The molecule has 84 valence electrons. The summed E-state index contributed by atoms with van der Waals surface area (Å²) in [6, 6.07) is 5.44. The predicted octanol–water partition coefficient (Wildman–Crippen LogP) is 2.80. The first-order chi connectivity index (χ1) is 7.66. The zero-order valence-corrected chi connectivity index (χ0v) is 10.4. The van der Waals surface area contributed by atoms with E-state index in [4.69, 9.17) is 5.53 Å². The molecule has 1 aromatic carbocycles. The molecule has 0 heterocycles. The van der Waals surface area contributed by atoms with Crippen LogP contribution in [0.5, 0.6) is 0 Å². The Hall–Kier alpha value is -1.52. The van der Waals surface area contributed by atoms with Gasteiger partial charge < -0.3 is 5.32 Å². The molecule has 0 radical (unpaired) electrons. The van der Waals surface area contributed by atoms with E-state index in [9.17, 15) is 4.79 Å². The van der Waals surface area contributed by atoms with Crippen molar-refractivity contribution in [2.24, 2.45) is 5.11 Å². The molecule has 0 fully saturated rings. The molecule has 0 saturated carbocycles. The van der Waals surface area contributed by atoms with Crippen LogP contribution in [0.25, 0.3) is 10.4 Å². The van der Waals surface area contributed by atoms with Crippen LogP contribution >= 0.6 is 15.9 Å². The molecule has 1 rings (SSSR count). The molecule has 1 N–H and O–H groups in total. The van der Waals surface area contributed by atoms with Gasteiger partial charge in [0.25, 0.3) is 5.91 Å². The smallest absolute Gasteiger partial charge is 0.251 e. The number of hydrogen-bond acceptors (Lipinski definition) is 2. The van der Waals surface area contributed by atoms with E-state index in [0.29, 0.717) is 12.1 Å². The van der Waals surface area contributed by atoms with E-state index in [0.717, 1.165) is 10.0 Å². The van der Waals surface area contributed by atoms with E-state index < -0.39 is 0 Å². The molecule has 0 aliphatic rings. The molecule has 6 heteroatoms.